The molecule has 1 unspecified atom stereocenters. The van der Waals surface area contributed by atoms with Crippen LogP contribution in [0.15, 0.2) is 50.3 Å². The highest BCUT2D eigenvalue weighted by atomic mass is 35.5. The van der Waals surface area contributed by atoms with Crippen LogP contribution in [0.25, 0.3) is 0 Å². The largest absolute Gasteiger partial charge is 0.350 e. The van der Waals surface area contributed by atoms with Gasteiger partial charge in [-0.2, -0.15) is 0 Å². The van der Waals surface area contributed by atoms with Crippen molar-refractivity contribution in [2.75, 3.05) is 6.54 Å². The van der Waals surface area contributed by atoms with Crippen LogP contribution in [0.3, 0.4) is 0 Å². The lowest BCUT2D eigenvalue weighted by Gasteiger charge is -2.25. The Balaban J connectivity index is 1.30. The van der Waals surface area contributed by atoms with Crippen molar-refractivity contribution in [1.29, 1.82) is 0 Å². The van der Waals surface area contributed by atoms with Gasteiger partial charge in [-0.3, -0.25) is 9.59 Å². The maximum absolute atomic E-state index is 12.8. The Morgan fingerprint density at radius 2 is 2.03 bits per heavy atom. The Bertz CT molecular complexity index is 955. The van der Waals surface area contributed by atoms with E-state index in [1.807, 2.05) is 35.2 Å². The number of nitrogens with zero attached hydrogens (tertiary/aromatic N) is 3. The summed E-state index contributed by atoms with van der Waals surface area (Å²) < 4.78 is 0. The van der Waals surface area contributed by atoms with Gasteiger partial charge in [-0.25, -0.2) is 9.98 Å². The average molecular weight is 429 g/mol. The van der Waals surface area contributed by atoms with Crippen molar-refractivity contribution in [3.63, 3.8) is 0 Å². The van der Waals surface area contributed by atoms with Gasteiger partial charge in [-0.15, -0.1) is 0 Å². The minimum absolute atomic E-state index is 0.00847. The number of amides is 2. The Morgan fingerprint density at radius 1 is 1.24 bits per heavy atom. The van der Waals surface area contributed by atoms with Crippen LogP contribution in [-0.4, -0.2) is 46.2 Å². The lowest BCUT2D eigenvalue weighted by molar-refractivity contribution is -0.124. The molecule has 0 bridgehead atoms. The van der Waals surface area contributed by atoms with E-state index in [9.17, 15) is 9.59 Å². The van der Waals surface area contributed by atoms with E-state index in [1.54, 1.807) is 0 Å². The van der Waals surface area contributed by atoms with Crippen LogP contribution < -0.4 is 5.32 Å². The lowest BCUT2D eigenvalue weighted by Crippen LogP contribution is -2.44. The molecule has 2 atom stereocenters. The second kappa shape index (κ2) is 7.61. The second-order valence-corrected chi connectivity index (χ2v) is 9.15. The first-order valence-electron chi connectivity index (χ1n) is 9.98. The zero-order chi connectivity index (χ0) is 20.0. The summed E-state index contributed by atoms with van der Waals surface area (Å²) in [6.07, 6.45) is 3.76. The molecule has 2 fully saturated rings. The van der Waals surface area contributed by atoms with E-state index in [1.165, 1.54) is 11.8 Å². The number of amidine groups is 1. The van der Waals surface area contributed by atoms with Gasteiger partial charge in [0.1, 0.15) is 6.04 Å². The van der Waals surface area contributed by atoms with E-state index >= 15 is 0 Å². The molecule has 29 heavy (non-hydrogen) atoms. The van der Waals surface area contributed by atoms with Crippen LogP contribution in [0.4, 0.5) is 0 Å². The number of hydrogen-bond donors (Lipinski definition) is 1. The Morgan fingerprint density at radius 3 is 2.79 bits per heavy atom. The van der Waals surface area contributed by atoms with E-state index in [0.29, 0.717) is 22.7 Å². The summed E-state index contributed by atoms with van der Waals surface area (Å²) in [6.45, 7) is 1.25. The van der Waals surface area contributed by atoms with Gasteiger partial charge in [-0.1, -0.05) is 53.7 Å². The first-order valence-corrected chi connectivity index (χ1v) is 11.2. The third-order valence-corrected chi connectivity index (χ3v) is 7.35. The van der Waals surface area contributed by atoms with E-state index in [4.69, 9.17) is 11.6 Å². The molecule has 3 aliphatic heterocycles. The normalized spacial score (nSPS) is 26.4. The van der Waals surface area contributed by atoms with Gasteiger partial charge in [0.15, 0.2) is 11.2 Å². The van der Waals surface area contributed by atoms with Crippen molar-refractivity contribution in [2.24, 2.45) is 15.9 Å². The minimum Gasteiger partial charge on any atom is -0.350 e. The summed E-state index contributed by atoms with van der Waals surface area (Å²) in [5.41, 5.74) is 1.79. The van der Waals surface area contributed by atoms with E-state index in [2.05, 4.69) is 15.3 Å². The minimum atomic E-state index is -0.640. The highest BCUT2D eigenvalue weighted by Crippen LogP contribution is 2.45. The average Bonchev–Trinajstić information content (AvgIpc) is 3.27. The van der Waals surface area contributed by atoms with Gasteiger partial charge in [0, 0.05) is 23.9 Å². The fourth-order valence-electron chi connectivity index (χ4n) is 3.97. The maximum atomic E-state index is 12.8. The summed E-state index contributed by atoms with van der Waals surface area (Å²) in [5, 5.41) is 4.33. The molecule has 2 amide bonds. The number of halogens is 1. The summed E-state index contributed by atoms with van der Waals surface area (Å²) in [4.78, 5) is 37.0. The van der Waals surface area contributed by atoms with Gasteiger partial charge >= 0.3 is 0 Å². The second-order valence-electron chi connectivity index (χ2n) is 7.76. The van der Waals surface area contributed by atoms with Gasteiger partial charge in [-0.05, 0) is 31.2 Å². The number of carbonyl (C=O) groups is 2. The number of aliphatic imine (C=N–C) groups is 2. The molecule has 1 aromatic carbocycles. The zero-order valence-electron chi connectivity index (χ0n) is 15.8. The number of hydrogen-bond acceptors (Lipinski definition) is 5. The van der Waals surface area contributed by atoms with Crippen LogP contribution in [0, 0.1) is 5.92 Å². The van der Waals surface area contributed by atoms with Crippen LogP contribution in [0.2, 0.25) is 0 Å². The van der Waals surface area contributed by atoms with Crippen LogP contribution >= 0.6 is 23.4 Å². The molecule has 0 spiro atoms. The van der Waals surface area contributed by atoms with Gasteiger partial charge in [0.05, 0.1) is 10.7 Å². The van der Waals surface area contributed by atoms with Crippen LogP contribution in [0.5, 0.6) is 0 Å². The van der Waals surface area contributed by atoms with Crippen molar-refractivity contribution in [1.82, 2.24) is 10.2 Å². The van der Waals surface area contributed by atoms with Crippen LogP contribution in [-0.2, 0) is 16.1 Å². The predicted molar refractivity (Wildman–Crippen MR) is 115 cm³/mol. The Hall–Kier alpha value is -2.12. The quantitative estimate of drug-likeness (QED) is 0.799. The number of carbonyl (C=O) groups excluding carboxylic acids is 2. The van der Waals surface area contributed by atoms with Gasteiger partial charge in [0.25, 0.3) is 5.91 Å². The number of benzene rings is 1. The zero-order valence-corrected chi connectivity index (χ0v) is 17.4. The van der Waals surface area contributed by atoms with Crippen molar-refractivity contribution < 1.29 is 9.59 Å². The number of allylic oxidation sites excluding steroid dienone is 1. The number of nitrogens with one attached hydrogen (secondary N) is 1. The first kappa shape index (κ1) is 18.9. The standard InChI is InChI=1S/C21H21ClN4O2S/c22-15-16(13-8-9-13)24-20(28)17-18(15)29-21(25-17)26-10-4-7-14(26)19(27)23-11-12-5-2-1-3-6-12/h1-3,5-6,13-14,17H,4,7-11H2,(H,23,27)/t14-,17?/m1/s1. The molecule has 8 heteroatoms. The fraction of sp³-hybridized carbons (Fsp3) is 0.429. The summed E-state index contributed by atoms with van der Waals surface area (Å²) >= 11 is 8.01. The molecule has 1 saturated heterocycles. The molecule has 1 aromatic rings. The topological polar surface area (TPSA) is 74.1 Å². The highest BCUT2D eigenvalue weighted by molar-refractivity contribution is 8.17. The SMILES string of the molecule is O=C1N=C(C2CC2)C(Cl)=C2SC(N3CCC[C@@H]3C(=O)NCc3ccccc3)=NC12. The molecule has 4 aliphatic rings. The van der Waals surface area contributed by atoms with Crippen molar-refractivity contribution in [3.05, 3.63) is 45.8 Å². The number of likely N-dealkylation sites (tertiary alicyclic amines) is 1. The summed E-state index contributed by atoms with van der Waals surface area (Å²) in [7, 11) is 0. The molecule has 1 saturated carbocycles. The third-order valence-electron chi connectivity index (χ3n) is 5.67. The van der Waals surface area contributed by atoms with E-state index in [-0.39, 0.29) is 17.9 Å². The van der Waals surface area contributed by atoms with E-state index in [0.717, 1.165) is 48.4 Å². The fourth-order valence-corrected chi connectivity index (χ4v) is 5.53. The first-order chi connectivity index (χ1) is 14.1. The van der Waals surface area contributed by atoms with Crippen molar-refractivity contribution >= 4 is 46.1 Å². The molecular formula is C21H21ClN4O2S. The lowest BCUT2D eigenvalue weighted by atomic mass is 10.1. The molecule has 1 N–H and O–H groups in total. The maximum Gasteiger partial charge on any atom is 0.276 e. The van der Waals surface area contributed by atoms with Gasteiger partial charge in [0.2, 0.25) is 5.91 Å². The smallest absolute Gasteiger partial charge is 0.276 e. The molecule has 150 valence electrons. The Labute approximate surface area is 178 Å². The molecular weight excluding hydrogens is 408 g/mol. The number of dihydropyridines is 1. The number of rotatable bonds is 4. The Kier molecular flexibility index (Phi) is 4.95. The highest BCUT2D eigenvalue weighted by Gasteiger charge is 2.44. The van der Waals surface area contributed by atoms with Gasteiger partial charge < -0.3 is 10.2 Å². The molecule has 5 rings (SSSR count). The van der Waals surface area contributed by atoms with Crippen molar-refractivity contribution in [3.8, 4) is 0 Å². The number of thioether (sulfide) groups is 1. The van der Waals surface area contributed by atoms with Crippen molar-refractivity contribution in [2.45, 2.75) is 44.3 Å². The molecule has 1 aliphatic carbocycles. The molecule has 0 radical (unpaired) electrons. The van der Waals surface area contributed by atoms with Crippen LogP contribution in [0.1, 0.15) is 31.2 Å². The van der Waals surface area contributed by atoms with E-state index < -0.39 is 6.04 Å². The molecule has 0 aromatic heterocycles. The molecule has 6 nitrogen and oxygen atoms in total. The molecule has 3 heterocycles. The third kappa shape index (κ3) is 3.62. The number of fused-ring (bicyclic) bond motifs is 1. The summed E-state index contributed by atoms with van der Waals surface area (Å²) in [6, 6.07) is 8.95. The summed E-state index contributed by atoms with van der Waals surface area (Å²) in [5.74, 6) is 0.0665. The monoisotopic (exact) mass is 428 g/mol. The predicted octanol–water partition coefficient (Wildman–Crippen LogP) is 3.08.